The molecule has 0 saturated heterocycles. The predicted octanol–water partition coefficient (Wildman–Crippen LogP) is 2.57. The van der Waals surface area contributed by atoms with Crippen LogP contribution in [0, 0.1) is 11.8 Å². The van der Waals surface area contributed by atoms with Gasteiger partial charge < -0.3 is 4.74 Å². The summed E-state index contributed by atoms with van der Waals surface area (Å²) in [6.07, 6.45) is 5.71. The molecule has 0 N–H and O–H groups in total. The smallest absolute Gasteiger partial charge is 0.329 e. The van der Waals surface area contributed by atoms with E-state index in [9.17, 15) is 4.79 Å². The maximum Gasteiger partial charge on any atom is 0.329 e. The van der Waals surface area contributed by atoms with Gasteiger partial charge in [-0.3, -0.25) is 0 Å². The molecule has 2 rings (SSSR count). The van der Waals surface area contributed by atoms with Crippen molar-refractivity contribution in [2.24, 2.45) is 11.8 Å². The molecule has 0 aromatic carbocycles. The van der Waals surface area contributed by atoms with Crippen LogP contribution in [0.2, 0.25) is 0 Å². The Labute approximate surface area is 92.9 Å². The average Bonchev–Trinajstić information content (AvgIpc) is 2.63. The standard InChI is InChI=1S/C6H9I.C4H6O2/c7-6-4-2-1-3-5(4)6;1-3-4(5)6-2/h4-6H,1-3H2;3H,1H2,2H3. The molecule has 0 aliphatic heterocycles. The third-order valence-electron chi connectivity index (χ3n) is 2.67. The third kappa shape index (κ3) is 2.97. The van der Waals surface area contributed by atoms with Gasteiger partial charge in [-0.1, -0.05) is 35.6 Å². The maximum atomic E-state index is 9.84. The number of halogens is 1. The monoisotopic (exact) mass is 294 g/mol. The van der Waals surface area contributed by atoms with Crippen molar-refractivity contribution in [2.45, 2.75) is 23.2 Å². The Morgan fingerprint density at radius 2 is 2.08 bits per heavy atom. The lowest BCUT2D eigenvalue weighted by atomic mass is 10.3. The first-order chi connectivity index (χ1) is 6.20. The Hall–Kier alpha value is -0.0600. The first-order valence-electron chi connectivity index (χ1n) is 4.55. The second kappa shape index (κ2) is 4.98. The predicted molar refractivity (Wildman–Crippen MR) is 60.9 cm³/mol. The van der Waals surface area contributed by atoms with Crippen molar-refractivity contribution in [3.8, 4) is 0 Å². The Kier molecular flexibility index (Phi) is 4.22. The minimum Gasteiger partial charge on any atom is -0.466 e. The first kappa shape index (κ1) is 11.0. The van der Waals surface area contributed by atoms with Crippen LogP contribution >= 0.6 is 22.6 Å². The fourth-order valence-corrected chi connectivity index (χ4v) is 3.36. The van der Waals surface area contributed by atoms with Crippen molar-refractivity contribution >= 4 is 28.6 Å². The van der Waals surface area contributed by atoms with E-state index in [0.29, 0.717) is 0 Å². The van der Waals surface area contributed by atoms with Gasteiger partial charge in [-0.05, 0) is 24.7 Å². The van der Waals surface area contributed by atoms with Gasteiger partial charge in [0.1, 0.15) is 0 Å². The zero-order valence-electron chi connectivity index (χ0n) is 7.83. The van der Waals surface area contributed by atoms with E-state index in [0.717, 1.165) is 10.0 Å². The third-order valence-corrected chi connectivity index (χ3v) is 4.52. The summed E-state index contributed by atoms with van der Waals surface area (Å²) in [5.74, 6) is 1.94. The molecule has 0 amide bonds. The minimum atomic E-state index is -0.394. The number of fused-ring (bicyclic) bond motifs is 1. The summed E-state index contributed by atoms with van der Waals surface area (Å²) >= 11 is 2.59. The molecule has 2 fully saturated rings. The highest BCUT2D eigenvalue weighted by molar-refractivity contribution is 14.1. The average molecular weight is 294 g/mol. The summed E-state index contributed by atoms with van der Waals surface area (Å²) in [6.45, 7) is 3.16. The van der Waals surface area contributed by atoms with E-state index < -0.39 is 5.97 Å². The maximum absolute atomic E-state index is 9.84. The number of carbonyl (C=O) groups is 1. The molecule has 2 aliphatic rings. The van der Waals surface area contributed by atoms with Gasteiger partial charge in [0.15, 0.2) is 0 Å². The van der Waals surface area contributed by atoms with Crippen LogP contribution in [0.15, 0.2) is 12.7 Å². The van der Waals surface area contributed by atoms with Crippen molar-refractivity contribution in [2.75, 3.05) is 7.11 Å². The molecule has 3 heteroatoms. The largest absolute Gasteiger partial charge is 0.466 e. The van der Waals surface area contributed by atoms with Crippen molar-refractivity contribution in [1.82, 2.24) is 0 Å². The number of hydrogen-bond acceptors (Lipinski definition) is 2. The lowest BCUT2D eigenvalue weighted by Crippen LogP contribution is -1.91. The molecule has 2 nitrogen and oxygen atoms in total. The topological polar surface area (TPSA) is 26.3 Å². The van der Waals surface area contributed by atoms with E-state index in [4.69, 9.17) is 0 Å². The van der Waals surface area contributed by atoms with Crippen LogP contribution in [0.5, 0.6) is 0 Å². The van der Waals surface area contributed by atoms with Crippen LogP contribution in [-0.2, 0) is 9.53 Å². The van der Waals surface area contributed by atoms with Crippen LogP contribution in [0.25, 0.3) is 0 Å². The summed E-state index contributed by atoms with van der Waals surface area (Å²) in [5.41, 5.74) is 0. The fourth-order valence-electron chi connectivity index (χ4n) is 1.82. The molecule has 2 atom stereocenters. The van der Waals surface area contributed by atoms with E-state index in [1.807, 2.05) is 0 Å². The Balaban J connectivity index is 0.000000133. The summed E-state index contributed by atoms with van der Waals surface area (Å²) in [7, 11) is 1.31. The lowest BCUT2D eigenvalue weighted by molar-refractivity contribution is -0.134. The second-order valence-electron chi connectivity index (χ2n) is 3.43. The fraction of sp³-hybridized carbons (Fsp3) is 0.700. The van der Waals surface area contributed by atoms with Gasteiger partial charge in [-0.15, -0.1) is 0 Å². The van der Waals surface area contributed by atoms with Gasteiger partial charge in [0.25, 0.3) is 0 Å². The number of alkyl halides is 1. The van der Waals surface area contributed by atoms with Crippen LogP contribution in [0.4, 0.5) is 0 Å². The molecule has 0 spiro atoms. The summed E-state index contributed by atoms with van der Waals surface area (Å²) in [4.78, 5) is 9.84. The molecule has 0 heterocycles. The van der Waals surface area contributed by atoms with Gasteiger partial charge in [0.2, 0.25) is 0 Å². The second-order valence-corrected chi connectivity index (χ2v) is 4.87. The summed E-state index contributed by atoms with van der Waals surface area (Å²) in [5, 5.41) is 0. The Bertz CT molecular complexity index is 193. The minimum absolute atomic E-state index is 0.394. The van der Waals surface area contributed by atoms with Gasteiger partial charge in [0.05, 0.1) is 7.11 Å². The number of hydrogen-bond donors (Lipinski definition) is 0. The summed E-state index contributed by atoms with van der Waals surface area (Å²) in [6, 6.07) is 0. The van der Waals surface area contributed by atoms with Crippen molar-refractivity contribution in [3.05, 3.63) is 12.7 Å². The van der Waals surface area contributed by atoms with E-state index in [2.05, 4.69) is 33.9 Å². The lowest BCUT2D eigenvalue weighted by Gasteiger charge is -1.88. The van der Waals surface area contributed by atoms with Crippen molar-refractivity contribution in [1.29, 1.82) is 0 Å². The highest BCUT2D eigenvalue weighted by Gasteiger charge is 2.50. The first-order valence-corrected chi connectivity index (χ1v) is 5.79. The van der Waals surface area contributed by atoms with Crippen LogP contribution in [-0.4, -0.2) is 17.0 Å². The normalized spacial score (nSPS) is 33.8. The molecule has 2 aliphatic carbocycles. The molecule has 0 radical (unpaired) electrons. The number of rotatable bonds is 1. The van der Waals surface area contributed by atoms with Gasteiger partial charge >= 0.3 is 5.97 Å². The number of methoxy groups -OCH3 is 1. The van der Waals surface area contributed by atoms with Crippen molar-refractivity contribution in [3.63, 3.8) is 0 Å². The van der Waals surface area contributed by atoms with E-state index in [-0.39, 0.29) is 0 Å². The SMILES string of the molecule is C=CC(=O)OC.IC1C2CCCC12. The molecule has 2 saturated carbocycles. The van der Waals surface area contributed by atoms with Gasteiger partial charge in [0, 0.05) is 10.0 Å². The highest BCUT2D eigenvalue weighted by Crippen LogP contribution is 2.56. The highest BCUT2D eigenvalue weighted by atomic mass is 127. The molecule has 0 bridgehead atoms. The van der Waals surface area contributed by atoms with Gasteiger partial charge in [-0.2, -0.15) is 0 Å². The molecule has 13 heavy (non-hydrogen) atoms. The van der Waals surface area contributed by atoms with Crippen LogP contribution in [0.1, 0.15) is 19.3 Å². The molecular formula is C10H15IO2. The van der Waals surface area contributed by atoms with Crippen LogP contribution < -0.4 is 0 Å². The number of esters is 1. The number of ether oxygens (including phenoxy) is 1. The number of carbonyl (C=O) groups excluding carboxylic acids is 1. The van der Waals surface area contributed by atoms with Crippen LogP contribution in [0.3, 0.4) is 0 Å². The van der Waals surface area contributed by atoms with E-state index in [1.54, 1.807) is 0 Å². The molecular weight excluding hydrogens is 279 g/mol. The van der Waals surface area contributed by atoms with Crippen molar-refractivity contribution < 1.29 is 9.53 Å². The molecule has 74 valence electrons. The van der Waals surface area contributed by atoms with Gasteiger partial charge in [-0.25, -0.2) is 4.79 Å². The molecule has 2 unspecified atom stereocenters. The quantitative estimate of drug-likeness (QED) is 0.321. The Morgan fingerprint density at radius 1 is 1.54 bits per heavy atom. The summed E-state index contributed by atoms with van der Waals surface area (Å²) < 4.78 is 5.23. The molecule has 0 aromatic rings. The zero-order chi connectivity index (χ0) is 9.84. The zero-order valence-corrected chi connectivity index (χ0v) is 9.99. The van der Waals surface area contributed by atoms with E-state index >= 15 is 0 Å². The Morgan fingerprint density at radius 3 is 2.23 bits per heavy atom. The molecule has 0 aromatic heterocycles. The van der Waals surface area contributed by atoms with E-state index in [1.165, 1.54) is 38.2 Å².